The molecule has 0 radical (unpaired) electrons. The second kappa shape index (κ2) is 6.75. The standard InChI is InChI=1S/C16H24N2O2/c1-12(2)9-14-11-17-7-8-18(14)16(19)13-5-4-6-15(10-13)20-3/h4-6,10,12,14,17H,7-9,11H2,1-3H3. The Balaban J connectivity index is 2.16. The largest absolute Gasteiger partial charge is 0.497 e. The van der Waals surface area contributed by atoms with E-state index in [9.17, 15) is 4.79 Å². The monoisotopic (exact) mass is 276 g/mol. The van der Waals surface area contributed by atoms with E-state index in [1.807, 2.05) is 29.2 Å². The van der Waals surface area contributed by atoms with Crippen molar-refractivity contribution in [2.24, 2.45) is 5.92 Å². The van der Waals surface area contributed by atoms with Crippen molar-refractivity contribution in [3.8, 4) is 5.75 Å². The van der Waals surface area contributed by atoms with Crippen molar-refractivity contribution in [3.63, 3.8) is 0 Å². The molecule has 1 heterocycles. The van der Waals surface area contributed by atoms with E-state index in [1.165, 1.54) is 0 Å². The minimum Gasteiger partial charge on any atom is -0.497 e. The minimum absolute atomic E-state index is 0.107. The van der Waals surface area contributed by atoms with Crippen LogP contribution in [0.25, 0.3) is 0 Å². The fraction of sp³-hybridized carbons (Fsp3) is 0.562. The molecule has 1 N–H and O–H groups in total. The maximum absolute atomic E-state index is 12.7. The van der Waals surface area contributed by atoms with Crippen LogP contribution in [0, 0.1) is 5.92 Å². The van der Waals surface area contributed by atoms with Gasteiger partial charge in [0.15, 0.2) is 0 Å². The molecule has 0 saturated carbocycles. The number of nitrogens with one attached hydrogen (secondary N) is 1. The van der Waals surface area contributed by atoms with E-state index in [2.05, 4.69) is 19.2 Å². The lowest BCUT2D eigenvalue weighted by molar-refractivity contribution is 0.0609. The second-order valence-corrected chi connectivity index (χ2v) is 5.72. The van der Waals surface area contributed by atoms with E-state index in [-0.39, 0.29) is 11.9 Å². The Morgan fingerprint density at radius 3 is 3.00 bits per heavy atom. The van der Waals surface area contributed by atoms with Gasteiger partial charge in [-0.05, 0) is 30.5 Å². The molecule has 110 valence electrons. The summed E-state index contributed by atoms with van der Waals surface area (Å²) in [7, 11) is 1.62. The summed E-state index contributed by atoms with van der Waals surface area (Å²) in [6, 6.07) is 7.68. The predicted octanol–water partition coefficient (Wildman–Crippen LogP) is 2.16. The molecule has 1 unspecified atom stereocenters. The van der Waals surface area contributed by atoms with Gasteiger partial charge in [-0.2, -0.15) is 0 Å². The smallest absolute Gasteiger partial charge is 0.254 e. The molecule has 0 aromatic heterocycles. The molecule has 20 heavy (non-hydrogen) atoms. The zero-order chi connectivity index (χ0) is 14.5. The van der Waals surface area contributed by atoms with E-state index in [1.54, 1.807) is 7.11 Å². The minimum atomic E-state index is 0.107. The molecule has 1 aromatic carbocycles. The number of hydrogen-bond donors (Lipinski definition) is 1. The number of amides is 1. The van der Waals surface area contributed by atoms with E-state index in [0.29, 0.717) is 11.5 Å². The molecule has 4 heteroatoms. The highest BCUT2D eigenvalue weighted by molar-refractivity contribution is 5.95. The van der Waals surface area contributed by atoms with Crippen LogP contribution >= 0.6 is 0 Å². The Hall–Kier alpha value is -1.55. The van der Waals surface area contributed by atoms with Gasteiger partial charge in [-0.1, -0.05) is 19.9 Å². The first-order valence-electron chi connectivity index (χ1n) is 7.27. The Kier molecular flexibility index (Phi) is 5.01. The van der Waals surface area contributed by atoms with E-state index >= 15 is 0 Å². The Morgan fingerprint density at radius 2 is 2.30 bits per heavy atom. The second-order valence-electron chi connectivity index (χ2n) is 5.72. The third kappa shape index (κ3) is 3.51. The van der Waals surface area contributed by atoms with Crippen LogP contribution in [-0.2, 0) is 0 Å². The molecular weight excluding hydrogens is 252 g/mol. The molecule has 1 aliphatic heterocycles. The fourth-order valence-electron chi connectivity index (χ4n) is 2.70. The zero-order valence-electron chi connectivity index (χ0n) is 12.6. The summed E-state index contributed by atoms with van der Waals surface area (Å²) < 4.78 is 5.20. The van der Waals surface area contributed by atoms with Crippen LogP contribution in [0.3, 0.4) is 0 Å². The van der Waals surface area contributed by atoms with Gasteiger partial charge in [-0.25, -0.2) is 0 Å². The van der Waals surface area contributed by atoms with Crippen molar-refractivity contribution >= 4 is 5.91 Å². The van der Waals surface area contributed by atoms with Crippen LogP contribution in [0.4, 0.5) is 0 Å². The summed E-state index contributed by atoms with van der Waals surface area (Å²) in [6.07, 6.45) is 1.03. The Labute approximate surface area is 121 Å². The average molecular weight is 276 g/mol. The van der Waals surface area contributed by atoms with Crippen molar-refractivity contribution in [2.75, 3.05) is 26.7 Å². The summed E-state index contributed by atoms with van der Waals surface area (Å²) in [5.41, 5.74) is 0.708. The first kappa shape index (κ1) is 14.9. The lowest BCUT2D eigenvalue weighted by Crippen LogP contribution is -2.54. The summed E-state index contributed by atoms with van der Waals surface area (Å²) in [5.74, 6) is 1.42. The number of benzene rings is 1. The molecule has 0 aliphatic carbocycles. The predicted molar refractivity (Wildman–Crippen MR) is 80.1 cm³/mol. The number of carbonyl (C=O) groups excluding carboxylic acids is 1. The number of nitrogens with zero attached hydrogens (tertiary/aromatic N) is 1. The molecule has 0 bridgehead atoms. The lowest BCUT2D eigenvalue weighted by atomic mass is 10.00. The highest BCUT2D eigenvalue weighted by Gasteiger charge is 2.27. The van der Waals surface area contributed by atoms with Crippen LogP contribution in [0.2, 0.25) is 0 Å². The first-order valence-corrected chi connectivity index (χ1v) is 7.27. The maximum Gasteiger partial charge on any atom is 0.254 e. The lowest BCUT2D eigenvalue weighted by Gasteiger charge is -2.37. The summed E-state index contributed by atoms with van der Waals surface area (Å²) >= 11 is 0. The fourth-order valence-corrected chi connectivity index (χ4v) is 2.70. The quantitative estimate of drug-likeness (QED) is 0.916. The van der Waals surface area contributed by atoms with Gasteiger partial charge in [-0.15, -0.1) is 0 Å². The topological polar surface area (TPSA) is 41.6 Å². The number of carbonyl (C=O) groups is 1. The van der Waals surface area contributed by atoms with Crippen LogP contribution in [0.15, 0.2) is 24.3 Å². The highest BCUT2D eigenvalue weighted by atomic mass is 16.5. The normalized spacial score (nSPS) is 19.2. The van der Waals surface area contributed by atoms with Gasteiger partial charge in [0.1, 0.15) is 5.75 Å². The SMILES string of the molecule is COc1cccc(C(=O)N2CCNCC2CC(C)C)c1. The summed E-state index contributed by atoms with van der Waals surface area (Å²) in [5, 5.41) is 3.38. The van der Waals surface area contributed by atoms with Crippen LogP contribution in [-0.4, -0.2) is 43.6 Å². The zero-order valence-corrected chi connectivity index (χ0v) is 12.6. The molecule has 1 fully saturated rings. The third-order valence-electron chi connectivity index (χ3n) is 3.67. The average Bonchev–Trinajstić information content (AvgIpc) is 2.46. The van der Waals surface area contributed by atoms with Gasteiger partial charge < -0.3 is 15.0 Å². The molecule has 1 atom stereocenters. The number of ether oxygens (including phenoxy) is 1. The Bertz CT molecular complexity index is 460. The maximum atomic E-state index is 12.7. The summed E-state index contributed by atoms with van der Waals surface area (Å²) in [6.45, 7) is 6.91. The van der Waals surface area contributed by atoms with E-state index < -0.39 is 0 Å². The molecule has 4 nitrogen and oxygen atoms in total. The number of rotatable bonds is 4. The molecule has 0 spiro atoms. The van der Waals surface area contributed by atoms with Gasteiger partial charge in [-0.3, -0.25) is 4.79 Å². The first-order chi connectivity index (χ1) is 9.61. The molecule has 1 saturated heterocycles. The van der Waals surface area contributed by atoms with Gasteiger partial charge in [0.25, 0.3) is 5.91 Å². The van der Waals surface area contributed by atoms with Gasteiger partial charge in [0.2, 0.25) is 0 Å². The van der Waals surface area contributed by atoms with Crippen molar-refractivity contribution in [3.05, 3.63) is 29.8 Å². The van der Waals surface area contributed by atoms with Crippen molar-refractivity contribution < 1.29 is 9.53 Å². The van der Waals surface area contributed by atoms with Crippen molar-refractivity contribution in [2.45, 2.75) is 26.3 Å². The van der Waals surface area contributed by atoms with Crippen molar-refractivity contribution in [1.82, 2.24) is 10.2 Å². The van der Waals surface area contributed by atoms with Crippen LogP contribution < -0.4 is 10.1 Å². The van der Waals surface area contributed by atoms with Gasteiger partial charge in [0, 0.05) is 31.2 Å². The van der Waals surface area contributed by atoms with Crippen LogP contribution in [0.5, 0.6) is 5.75 Å². The highest BCUT2D eigenvalue weighted by Crippen LogP contribution is 2.19. The molecule has 2 rings (SSSR count). The van der Waals surface area contributed by atoms with Gasteiger partial charge >= 0.3 is 0 Å². The van der Waals surface area contributed by atoms with Crippen LogP contribution in [0.1, 0.15) is 30.6 Å². The van der Waals surface area contributed by atoms with E-state index in [4.69, 9.17) is 4.74 Å². The third-order valence-corrected chi connectivity index (χ3v) is 3.67. The number of piperazine rings is 1. The van der Waals surface area contributed by atoms with Gasteiger partial charge in [0.05, 0.1) is 7.11 Å². The van der Waals surface area contributed by atoms with Crippen molar-refractivity contribution in [1.29, 1.82) is 0 Å². The van der Waals surface area contributed by atoms with E-state index in [0.717, 1.165) is 31.8 Å². The molecule has 1 amide bonds. The molecule has 1 aliphatic rings. The Morgan fingerprint density at radius 1 is 1.50 bits per heavy atom. The molecular formula is C16H24N2O2. The molecule has 1 aromatic rings. The number of methoxy groups -OCH3 is 1. The summed E-state index contributed by atoms with van der Waals surface area (Å²) in [4.78, 5) is 14.7. The number of hydrogen-bond acceptors (Lipinski definition) is 3.